The number of halogens is 1. The smallest absolute Gasteiger partial charge is 0.257 e. The normalized spacial score (nSPS) is 10.1. The highest BCUT2D eigenvalue weighted by Gasteiger charge is 2.23. The van der Waals surface area contributed by atoms with Crippen LogP contribution in [0.1, 0.15) is 23.7 Å². The molecule has 0 N–H and O–H groups in total. The van der Waals surface area contributed by atoms with E-state index in [0.29, 0.717) is 41.8 Å². The molecular weight excluding hydrogens is 294 g/mol. The Bertz CT molecular complexity index is 473. The van der Waals surface area contributed by atoms with Crippen LogP contribution in [0.4, 0.5) is 0 Å². The number of alkyl halides is 1. The molecule has 1 aromatic rings. The monoisotopic (exact) mass is 315 g/mol. The average Bonchev–Trinajstić information content (AvgIpc) is 2.52. The summed E-state index contributed by atoms with van der Waals surface area (Å²) in [6, 6.07) is 3.37. The number of amides is 1. The number of hydrogen-bond acceptors (Lipinski definition) is 4. The number of hydrogen-bond donors (Lipinski definition) is 0. The summed E-state index contributed by atoms with van der Waals surface area (Å²) < 4.78 is 15.9. The first-order valence-electron chi connectivity index (χ1n) is 6.78. The minimum absolute atomic E-state index is 0.129. The third-order valence-electron chi connectivity index (χ3n) is 3.07. The predicted molar refractivity (Wildman–Crippen MR) is 83.0 cm³/mol. The highest BCUT2D eigenvalue weighted by molar-refractivity contribution is 6.18. The van der Waals surface area contributed by atoms with Crippen LogP contribution in [0.25, 0.3) is 0 Å². The van der Waals surface area contributed by atoms with Crippen molar-refractivity contribution in [1.82, 2.24) is 4.90 Å². The van der Waals surface area contributed by atoms with Crippen molar-refractivity contribution < 1.29 is 19.0 Å². The Labute approximate surface area is 130 Å². The van der Waals surface area contributed by atoms with Crippen LogP contribution in [0.15, 0.2) is 12.1 Å². The molecule has 0 aliphatic carbocycles. The van der Waals surface area contributed by atoms with Crippen LogP contribution in [0, 0.1) is 0 Å². The molecule has 0 saturated heterocycles. The van der Waals surface area contributed by atoms with Gasteiger partial charge in [-0.2, -0.15) is 0 Å². The van der Waals surface area contributed by atoms with E-state index in [-0.39, 0.29) is 5.91 Å². The molecule has 0 atom stereocenters. The summed E-state index contributed by atoms with van der Waals surface area (Å²) in [5, 5.41) is 0. The number of carbonyl (C=O) groups is 1. The molecule has 0 spiro atoms. The average molecular weight is 316 g/mol. The maximum Gasteiger partial charge on any atom is 0.257 e. The zero-order chi connectivity index (χ0) is 15.8. The summed E-state index contributed by atoms with van der Waals surface area (Å²) in [5.74, 6) is 1.56. The second-order valence-corrected chi connectivity index (χ2v) is 4.74. The molecule has 21 heavy (non-hydrogen) atoms. The standard InChI is InChI=1S/C15H22ClNO4/c1-5-9-17(10-8-16)15(18)11-6-7-12(19-2)14(21-4)13(11)20-3/h6-7H,5,8-10H2,1-4H3. The second-order valence-electron chi connectivity index (χ2n) is 4.36. The lowest BCUT2D eigenvalue weighted by Gasteiger charge is -2.23. The Morgan fingerprint density at radius 1 is 1.10 bits per heavy atom. The third kappa shape index (κ3) is 3.94. The fraction of sp³-hybridized carbons (Fsp3) is 0.533. The van der Waals surface area contributed by atoms with Crippen LogP contribution < -0.4 is 14.2 Å². The van der Waals surface area contributed by atoms with E-state index in [1.165, 1.54) is 21.3 Å². The topological polar surface area (TPSA) is 48.0 Å². The van der Waals surface area contributed by atoms with Crippen LogP contribution in [-0.2, 0) is 0 Å². The van der Waals surface area contributed by atoms with E-state index in [2.05, 4.69) is 0 Å². The van der Waals surface area contributed by atoms with Crippen LogP contribution in [-0.4, -0.2) is 51.1 Å². The van der Waals surface area contributed by atoms with Crippen LogP contribution in [0.2, 0.25) is 0 Å². The molecular formula is C15H22ClNO4. The number of carbonyl (C=O) groups excluding carboxylic acids is 1. The largest absolute Gasteiger partial charge is 0.493 e. The van der Waals surface area contributed by atoms with Crippen molar-refractivity contribution in [2.24, 2.45) is 0 Å². The van der Waals surface area contributed by atoms with Gasteiger partial charge in [0.25, 0.3) is 5.91 Å². The molecule has 1 rings (SSSR count). The summed E-state index contributed by atoms with van der Waals surface area (Å²) >= 11 is 5.77. The molecule has 0 aliphatic rings. The fourth-order valence-electron chi connectivity index (χ4n) is 2.13. The minimum Gasteiger partial charge on any atom is -0.493 e. The van der Waals surface area contributed by atoms with Gasteiger partial charge in [-0.1, -0.05) is 6.92 Å². The highest BCUT2D eigenvalue weighted by atomic mass is 35.5. The van der Waals surface area contributed by atoms with Crippen molar-refractivity contribution in [3.8, 4) is 17.2 Å². The minimum atomic E-state index is -0.129. The van der Waals surface area contributed by atoms with E-state index in [1.54, 1.807) is 17.0 Å². The number of nitrogens with zero attached hydrogens (tertiary/aromatic N) is 1. The van der Waals surface area contributed by atoms with Gasteiger partial charge in [0.05, 0.1) is 26.9 Å². The van der Waals surface area contributed by atoms with E-state index >= 15 is 0 Å². The lowest BCUT2D eigenvalue weighted by molar-refractivity contribution is 0.0761. The van der Waals surface area contributed by atoms with E-state index in [0.717, 1.165) is 6.42 Å². The van der Waals surface area contributed by atoms with Gasteiger partial charge >= 0.3 is 0 Å². The van der Waals surface area contributed by atoms with E-state index < -0.39 is 0 Å². The van der Waals surface area contributed by atoms with E-state index in [1.807, 2.05) is 6.92 Å². The molecule has 0 unspecified atom stereocenters. The predicted octanol–water partition coefficient (Wildman–Crippen LogP) is 2.80. The molecule has 0 aromatic heterocycles. The SMILES string of the molecule is CCCN(CCCl)C(=O)c1ccc(OC)c(OC)c1OC. The number of ether oxygens (including phenoxy) is 3. The molecule has 0 radical (unpaired) electrons. The van der Waals surface area contributed by atoms with Crippen molar-refractivity contribution in [3.05, 3.63) is 17.7 Å². The first-order valence-corrected chi connectivity index (χ1v) is 7.32. The molecule has 1 amide bonds. The van der Waals surface area contributed by atoms with Gasteiger partial charge in [0.1, 0.15) is 0 Å². The Hall–Kier alpha value is -1.62. The van der Waals surface area contributed by atoms with Gasteiger partial charge in [-0.05, 0) is 18.6 Å². The van der Waals surface area contributed by atoms with Gasteiger partial charge < -0.3 is 19.1 Å². The van der Waals surface area contributed by atoms with Gasteiger partial charge in [0.2, 0.25) is 5.75 Å². The second kappa shape index (κ2) is 8.62. The van der Waals surface area contributed by atoms with Crippen molar-refractivity contribution in [2.45, 2.75) is 13.3 Å². The Balaban J connectivity index is 3.24. The van der Waals surface area contributed by atoms with Gasteiger partial charge in [0, 0.05) is 19.0 Å². The summed E-state index contributed by atoms with van der Waals surface area (Å²) in [6.45, 7) is 3.15. The van der Waals surface area contributed by atoms with E-state index in [4.69, 9.17) is 25.8 Å². The number of rotatable bonds is 8. The lowest BCUT2D eigenvalue weighted by atomic mass is 10.1. The molecule has 6 heteroatoms. The lowest BCUT2D eigenvalue weighted by Crippen LogP contribution is -2.33. The quantitative estimate of drug-likeness (QED) is 0.692. The van der Waals surface area contributed by atoms with Crippen molar-refractivity contribution in [3.63, 3.8) is 0 Å². The number of benzene rings is 1. The molecule has 118 valence electrons. The molecule has 0 bridgehead atoms. The van der Waals surface area contributed by atoms with E-state index in [9.17, 15) is 4.79 Å². The van der Waals surface area contributed by atoms with Crippen LogP contribution in [0.3, 0.4) is 0 Å². The number of methoxy groups -OCH3 is 3. The molecule has 0 saturated carbocycles. The van der Waals surface area contributed by atoms with Crippen LogP contribution >= 0.6 is 11.6 Å². The van der Waals surface area contributed by atoms with Gasteiger partial charge in [0.15, 0.2) is 11.5 Å². The maximum atomic E-state index is 12.7. The Morgan fingerprint density at radius 2 is 1.76 bits per heavy atom. The molecule has 0 heterocycles. The van der Waals surface area contributed by atoms with Crippen molar-refractivity contribution >= 4 is 17.5 Å². The zero-order valence-corrected chi connectivity index (χ0v) is 13.7. The van der Waals surface area contributed by atoms with Gasteiger partial charge in [-0.15, -0.1) is 11.6 Å². The highest BCUT2D eigenvalue weighted by Crippen LogP contribution is 2.40. The summed E-state index contributed by atoms with van der Waals surface area (Å²) in [5.41, 5.74) is 0.439. The maximum absolute atomic E-state index is 12.7. The van der Waals surface area contributed by atoms with Crippen molar-refractivity contribution in [1.29, 1.82) is 0 Å². The summed E-state index contributed by atoms with van der Waals surface area (Å²) in [6.07, 6.45) is 0.859. The first kappa shape index (κ1) is 17.4. The fourth-order valence-corrected chi connectivity index (χ4v) is 2.33. The Kier molecular flexibility index (Phi) is 7.15. The summed E-state index contributed by atoms with van der Waals surface area (Å²) in [4.78, 5) is 14.4. The zero-order valence-electron chi connectivity index (χ0n) is 12.9. The molecule has 1 aromatic carbocycles. The molecule has 5 nitrogen and oxygen atoms in total. The van der Waals surface area contributed by atoms with Gasteiger partial charge in [-0.3, -0.25) is 4.79 Å². The van der Waals surface area contributed by atoms with Crippen LogP contribution in [0.5, 0.6) is 17.2 Å². The Morgan fingerprint density at radius 3 is 2.24 bits per heavy atom. The molecule has 0 fully saturated rings. The first-order chi connectivity index (χ1) is 10.1. The van der Waals surface area contributed by atoms with Gasteiger partial charge in [-0.25, -0.2) is 0 Å². The third-order valence-corrected chi connectivity index (χ3v) is 3.24. The molecule has 0 aliphatic heterocycles. The van der Waals surface area contributed by atoms with Crippen molar-refractivity contribution in [2.75, 3.05) is 40.3 Å². The summed E-state index contributed by atoms with van der Waals surface area (Å²) in [7, 11) is 4.55.